The van der Waals surface area contributed by atoms with Crippen molar-refractivity contribution in [2.75, 3.05) is 11.9 Å². The topological polar surface area (TPSA) is 75.0 Å². The molecular formula is C23H24FN5O. The van der Waals surface area contributed by atoms with E-state index >= 15 is 4.39 Å². The number of phenols is 1. The highest BCUT2D eigenvalue weighted by molar-refractivity contribution is 5.89. The van der Waals surface area contributed by atoms with Gasteiger partial charge in [-0.3, -0.25) is 4.98 Å². The van der Waals surface area contributed by atoms with Gasteiger partial charge in [-0.1, -0.05) is 26.0 Å². The van der Waals surface area contributed by atoms with Crippen molar-refractivity contribution in [1.29, 1.82) is 0 Å². The Morgan fingerprint density at radius 3 is 2.73 bits per heavy atom. The van der Waals surface area contributed by atoms with Gasteiger partial charge in [-0.05, 0) is 41.8 Å². The molecule has 0 spiro atoms. The molecule has 0 saturated heterocycles. The second-order valence-electron chi connectivity index (χ2n) is 9.19. The molecular weight excluding hydrogens is 381 g/mol. The third kappa shape index (κ3) is 2.91. The van der Waals surface area contributed by atoms with Gasteiger partial charge in [-0.15, -0.1) is 10.2 Å². The van der Waals surface area contributed by atoms with Crippen LogP contribution in [-0.4, -0.2) is 44.5 Å². The van der Waals surface area contributed by atoms with Crippen LogP contribution >= 0.6 is 0 Å². The maximum absolute atomic E-state index is 15.4. The molecule has 0 unspecified atom stereocenters. The van der Waals surface area contributed by atoms with Gasteiger partial charge in [-0.25, -0.2) is 9.37 Å². The Labute approximate surface area is 174 Å². The van der Waals surface area contributed by atoms with Crippen LogP contribution in [-0.2, 0) is 0 Å². The SMILES string of the molecule is CN(c1ncc(-c2cc3ccncc3cc2O)nn1)[C@H]1C[C@]2(C)C=C[C@@](C)(C2)[C@@H]1F. The summed E-state index contributed by atoms with van der Waals surface area (Å²) in [7, 11) is 1.83. The minimum absolute atomic E-state index is 0.00459. The predicted molar refractivity (Wildman–Crippen MR) is 114 cm³/mol. The number of anilines is 1. The van der Waals surface area contributed by atoms with Crippen LogP contribution in [0.25, 0.3) is 22.0 Å². The van der Waals surface area contributed by atoms with E-state index in [1.54, 1.807) is 29.6 Å². The molecule has 1 aromatic carbocycles. The van der Waals surface area contributed by atoms with E-state index in [0.717, 1.165) is 17.2 Å². The van der Waals surface area contributed by atoms with Gasteiger partial charge >= 0.3 is 0 Å². The van der Waals surface area contributed by atoms with E-state index in [1.165, 1.54) is 0 Å². The molecule has 6 nitrogen and oxygen atoms in total. The molecule has 2 heterocycles. The van der Waals surface area contributed by atoms with Crippen molar-refractivity contribution < 1.29 is 9.50 Å². The van der Waals surface area contributed by atoms with Crippen molar-refractivity contribution in [1.82, 2.24) is 20.2 Å². The molecule has 1 N–H and O–H groups in total. The molecule has 154 valence electrons. The summed E-state index contributed by atoms with van der Waals surface area (Å²) in [6.07, 6.45) is 9.71. The summed E-state index contributed by atoms with van der Waals surface area (Å²) in [5.41, 5.74) is 0.552. The fourth-order valence-corrected chi connectivity index (χ4v) is 5.09. The molecule has 2 aromatic heterocycles. The van der Waals surface area contributed by atoms with E-state index in [1.807, 2.05) is 32.2 Å². The standard InChI is InChI=1S/C23H24FN5O/c1-22-5-6-23(2,13-22)20(24)18(10-22)29(3)21-26-12-17(27-28-21)16-8-14-4-7-25-11-15(14)9-19(16)30/h4-9,11-12,18,20,30H,10,13H2,1-3H3/t18-,20+,22-,23-/m0/s1. The summed E-state index contributed by atoms with van der Waals surface area (Å²) in [6.45, 7) is 4.17. The maximum atomic E-state index is 15.4. The van der Waals surface area contributed by atoms with Crippen LogP contribution in [0.5, 0.6) is 5.75 Å². The van der Waals surface area contributed by atoms with E-state index in [4.69, 9.17) is 0 Å². The first-order valence-corrected chi connectivity index (χ1v) is 10.1. The highest BCUT2D eigenvalue weighted by Gasteiger charge is 2.53. The maximum Gasteiger partial charge on any atom is 0.245 e. The fourth-order valence-electron chi connectivity index (χ4n) is 5.09. The monoisotopic (exact) mass is 405 g/mol. The van der Waals surface area contributed by atoms with Gasteiger partial charge < -0.3 is 10.0 Å². The van der Waals surface area contributed by atoms with Crippen molar-refractivity contribution >= 4 is 16.7 Å². The Morgan fingerprint density at radius 1 is 1.13 bits per heavy atom. The first kappa shape index (κ1) is 18.9. The van der Waals surface area contributed by atoms with Gasteiger partial charge in [0.15, 0.2) is 0 Å². The number of benzene rings is 1. The van der Waals surface area contributed by atoms with Gasteiger partial charge in [0, 0.05) is 35.8 Å². The summed E-state index contributed by atoms with van der Waals surface area (Å²) in [4.78, 5) is 10.3. The number of aromatic hydroxyl groups is 1. The Hall–Kier alpha value is -3.09. The Kier molecular flexibility index (Phi) is 4.07. The number of rotatable bonds is 3. The van der Waals surface area contributed by atoms with Crippen LogP contribution in [0, 0.1) is 10.8 Å². The van der Waals surface area contributed by atoms with Crippen LogP contribution < -0.4 is 4.90 Å². The molecule has 1 saturated carbocycles. The molecule has 2 bridgehead atoms. The van der Waals surface area contributed by atoms with Gasteiger partial charge in [-0.2, -0.15) is 0 Å². The number of alkyl halides is 1. The van der Waals surface area contributed by atoms with Crippen molar-refractivity contribution in [2.24, 2.45) is 10.8 Å². The van der Waals surface area contributed by atoms with Gasteiger partial charge in [0.25, 0.3) is 0 Å². The Balaban J connectivity index is 1.44. The highest BCUT2D eigenvalue weighted by atomic mass is 19.1. The second kappa shape index (κ2) is 6.45. The molecule has 2 aliphatic rings. The number of nitrogens with zero attached hydrogens (tertiary/aromatic N) is 5. The second-order valence-corrected chi connectivity index (χ2v) is 9.19. The molecule has 0 amide bonds. The smallest absolute Gasteiger partial charge is 0.245 e. The average Bonchev–Trinajstić information content (AvgIpc) is 3.02. The van der Waals surface area contributed by atoms with Gasteiger partial charge in [0.1, 0.15) is 17.6 Å². The molecule has 1 fully saturated rings. The summed E-state index contributed by atoms with van der Waals surface area (Å²) >= 11 is 0. The fraction of sp³-hybridized carbons (Fsp3) is 0.391. The number of aromatic nitrogens is 4. The molecule has 7 heteroatoms. The van der Waals surface area contributed by atoms with Crippen molar-refractivity contribution in [3.63, 3.8) is 0 Å². The first-order chi connectivity index (χ1) is 14.3. The molecule has 5 rings (SSSR count). The number of pyridine rings is 1. The minimum atomic E-state index is -1.00. The third-order valence-corrected chi connectivity index (χ3v) is 6.69. The minimum Gasteiger partial charge on any atom is -0.507 e. The van der Waals surface area contributed by atoms with Crippen LogP contribution in [0.15, 0.2) is 48.9 Å². The largest absolute Gasteiger partial charge is 0.507 e. The quantitative estimate of drug-likeness (QED) is 0.655. The highest BCUT2D eigenvalue weighted by Crippen LogP contribution is 2.55. The number of phenolic OH excluding ortho intramolecular Hbond substituents is 1. The van der Waals surface area contributed by atoms with Crippen LogP contribution in [0.1, 0.15) is 26.7 Å². The lowest BCUT2D eigenvalue weighted by molar-refractivity contribution is 0.0544. The summed E-state index contributed by atoms with van der Waals surface area (Å²) in [6, 6.07) is 5.04. The van der Waals surface area contributed by atoms with Crippen molar-refractivity contribution in [3.05, 3.63) is 48.9 Å². The van der Waals surface area contributed by atoms with Crippen LogP contribution in [0.2, 0.25) is 0 Å². The molecule has 0 radical (unpaired) electrons. The number of allylic oxidation sites excluding steroid dienone is 2. The lowest BCUT2D eigenvalue weighted by atomic mass is 9.66. The average molecular weight is 405 g/mol. The Morgan fingerprint density at radius 2 is 1.97 bits per heavy atom. The van der Waals surface area contributed by atoms with Crippen LogP contribution in [0.4, 0.5) is 10.3 Å². The van der Waals surface area contributed by atoms with E-state index in [-0.39, 0.29) is 17.2 Å². The normalized spacial score (nSPS) is 30.0. The zero-order valence-electron chi connectivity index (χ0n) is 17.2. The third-order valence-electron chi connectivity index (χ3n) is 6.69. The van der Waals surface area contributed by atoms with Gasteiger partial charge in [0.05, 0.1) is 12.2 Å². The molecule has 0 aliphatic heterocycles. The predicted octanol–water partition coefficient (Wildman–Crippen LogP) is 4.31. The van der Waals surface area contributed by atoms with E-state index < -0.39 is 11.6 Å². The van der Waals surface area contributed by atoms with E-state index in [2.05, 4.69) is 33.2 Å². The summed E-state index contributed by atoms with van der Waals surface area (Å²) in [5, 5.41) is 20.7. The van der Waals surface area contributed by atoms with Gasteiger partial charge in [0.2, 0.25) is 5.95 Å². The lowest BCUT2D eigenvalue weighted by Crippen LogP contribution is -2.52. The zero-order chi connectivity index (χ0) is 21.1. The molecule has 2 aliphatic carbocycles. The summed E-state index contributed by atoms with van der Waals surface area (Å²) < 4.78 is 15.4. The number of hydrogen-bond donors (Lipinski definition) is 1. The van der Waals surface area contributed by atoms with Crippen LogP contribution in [0.3, 0.4) is 0 Å². The van der Waals surface area contributed by atoms with Crippen molar-refractivity contribution in [3.8, 4) is 17.0 Å². The molecule has 4 atom stereocenters. The zero-order valence-corrected chi connectivity index (χ0v) is 17.2. The Bertz CT molecular complexity index is 1150. The number of hydrogen-bond acceptors (Lipinski definition) is 6. The van der Waals surface area contributed by atoms with E-state index in [0.29, 0.717) is 23.6 Å². The molecule has 3 aromatic rings. The van der Waals surface area contributed by atoms with E-state index in [9.17, 15) is 5.11 Å². The first-order valence-electron chi connectivity index (χ1n) is 10.1. The number of fused-ring (bicyclic) bond motifs is 3. The van der Waals surface area contributed by atoms with Crippen molar-refractivity contribution in [2.45, 2.75) is 38.9 Å². The lowest BCUT2D eigenvalue weighted by Gasteiger charge is -2.46. The number of halogens is 1. The summed E-state index contributed by atoms with van der Waals surface area (Å²) in [5.74, 6) is 0.469. The molecule has 30 heavy (non-hydrogen) atoms.